The van der Waals surface area contributed by atoms with Gasteiger partial charge in [0.25, 0.3) is 5.56 Å². The number of aryl methyl sites for hydroxylation is 1. The van der Waals surface area contributed by atoms with Crippen LogP contribution in [-0.4, -0.2) is 15.6 Å². The van der Waals surface area contributed by atoms with E-state index in [4.69, 9.17) is 5.11 Å². The van der Waals surface area contributed by atoms with Crippen LogP contribution in [0.15, 0.2) is 39.6 Å². The van der Waals surface area contributed by atoms with E-state index in [2.05, 4.69) is 15.9 Å². The van der Waals surface area contributed by atoms with Gasteiger partial charge in [-0.2, -0.15) is 0 Å². The molecule has 1 aromatic carbocycles. The molecule has 2 aromatic rings. The van der Waals surface area contributed by atoms with Crippen LogP contribution in [-0.2, 0) is 11.3 Å². The Balaban J connectivity index is 2.38. The topological polar surface area (TPSA) is 59.3 Å². The number of fused-ring (bicyclic) bond motifs is 1. The van der Waals surface area contributed by atoms with E-state index < -0.39 is 5.97 Å². The zero-order chi connectivity index (χ0) is 13.1. The second-order valence-corrected chi connectivity index (χ2v) is 4.94. The fourth-order valence-electron chi connectivity index (χ4n) is 1.89. The van der Waals surface area contributed by atoms with Crippen molar-refractivity contribution in [3.63, 3.8) is 0 Å². The molecule has 0 radical (unpaired) electrons. The Labute approximate surface area is 112 Å². The van der Waals surface area contributed by atoms with Crippen molar-refractivity contribution in [2.45, 2.75) is 19.4 Å². The van der Waals surface area contributed by atoms with Crippen LogP contribution in [0.4, 0.5) is 0 Å². The normalized spacial score (nSPS) is 10.7. The van der Waals surface area contributed by atoms with Crippen LogP contribution in [0.3, 0.4) is 0 Å². The van der Waals surface area contributed by atoms with Crippen molar-refractivity contribution in [2.75, 3.05) is 0 Å². The predicted octanol–water partition coefficient (Wildman–Crippen LogP) is 2.63. The minimum absolute atomic E-state index is 0.0688. The van der Waals surface area contributed by atoms with E-state index in [0.717, 1.165) is 15.4 Å². The Morgan fingerprint density at radius 1 is 1.28 bits per heavy atom. The van der Waals surface area contributed by atoms with Crippen LogP contribution in [0, 0.1) is 0 Å². The van der Waals surface area contributed by atoms with Crippen molar-refractivity contribution in [1.29, 1.82) is 0 Å². The Morgan fingerprint density at radius 3 is 2.78 bits per heavy atom. The van der Waals surface area contributed by atoms with E-state index in [1.807, 2.05) is 18.2 Å². The molecule has 0 aliphatic heterocycles. The van der Waals surface area contributed by atoms with Crippen molar-refractivity contribution in [3.05, 3.63) is 45.2 Å². The highest BCUT2D eigenvalue weighted by molar-refractivity contribution is 9.10. The summed E-state index contributed by atoms with van der Waals surface area (Å²) in [6.07, 6.45) is 0.518. The molecule has 2 rings (SSSR count). The number of aromatic nitrogens is 1. The molecule has 1 heterocycles. The molecule has 1 aromatic heterocycles. The summed E-state index contributed by atoms with van der Waals surface area (Å²) in [4.78, 5) is 22.3. The molecule has 0 spiro atoms. The van der Waals surface area contributed by atoms with Gasteiger partial charge in [0, 0.05) is 23.5 Å². The van der Waals surface area contributed by atoms with E-state index in [-0.39, 0.29) is 12.0 Å². The monoisotopic (exact) mass is 309 g/mol. The van der Waals surface area contributed by atoms with E-state index in [1.54, 1.807) is 10.6 Å². The Hall–Kier alpha value is -1.62. The summed E-state index contributed by atoms with van der Waals surface area (Å²) in [5.41, 5.74) is 0.728. The molecule has 0 aliphatic carbocycles. The molecule has 4 nitrogen and oxygen atoms in total. The highest BCUT2D eigenvalue weighted by Gasteiger charge is 2.04. The lowest BCUT2D eigenvalue weighted by atomic mass is 10.2. The zero-order valence-electron chi connectivity index (χ0n) is 9.60. The molecule has 0 atom stereocenters. The number of aliphatic carboxylic acids is 1. The second-order valence-electron chi connectivity index (χ2n) is 4.02. The lowest BCUT2D eigenvalue weighted by molar-refractivity contribution is -0.137. The van der Waals surface area contributed by atoms with Crippen LogP contribution >= 0.6 is 15.9 Å². The molecule has 0 saturated carbocycles. The highest BCUT2D eigenvalue weighted by atomic mass is 79.9. The maximum atomic E-state index is 11.8. The van der Waals surface area contributed by atoms with Gasteiger partial charge in [0.05, 0.1) is 5.52 Å². The average Bonchev–Trinajstić information content (AvgIpc) is 2.31. The molecule has 94 valence electrons. The summed E-state index contributed by atoms with van der Waals surface area (Å²) >= 11 is 3.38. The molecule has 1 N–H and O–H groups in total. The van der Waals surface area contributed by atoms with Crippen LogP contribution in [0.5, 0.6) is 0 Å². The molecule has 5 heteroatoms. The first kappa shape index (κ1) is 12.8. The third kappa shape index (κ3) is 2.79. The first-order chi connectivity index (χ1) is 8.58. The standard InChI is InChI=1S/C13H12BrNO3/c14-10-4-5-11-9(8-10)3-6-12(16)15(11)7-1-2-13(17)18/h3-6,8H,1-2,7H2,(H,17,18). The first-order valence-electron chi connectivity index (χ1n) is 5.59. The molecular formula is C13H12BrNO3. The van der Waals surface area contributed by atoms with Gasteiger partial charge in [-0.15, -0.1) is 0 Å². The minimum atomic E-state index is -0.842. The van der Waals surface area contributed by atoms with Gasteiger partial charge < -0.3 is 9.67 Å². The van der Waals surface area contributed by atoms with Gasteiger partial charge >= 0.3 is 5.97 Å². The number of pyridine rings is 1. The summed E-state index contributed by atoms with van der Waals surface area (Å²) in [7, 11) is 0. The van der Waals surface area contributed by atoms with Gasteiger partial charge in [-0.05, 0) is 36.1 Å². The van der Waals surface area contributed by atoms with E-state index in [0.29, 0.717) is 13.0 Å². The largest absolute Gasteiger partial charge is 0.481 e. The van der Waals surface area contributed by atoms with Crippen LogP contribution < -0.4 is 5.56 Å². The van der Waals surface area contributed by atoms with Gasteiger partial charge in [-0.1, -0.05) is 15.9 Å². The summed E-state index contributed by atoms with van der Waals surface area (Å²) in [5, 5.41) is 9.57. The van der Waals surface area contributed by atoms with Crippen molar-refractivity contribution in [2.24, 2.45) is 0 Å². The Kier molecular flexibility index (Phi) is 3.81. The molecule has 18 heavy (non-hydrogen) atoms. The van der Waals surface area contributed by atoms with Crippen molar-refractivity contribution < 1.29 is 9.90 Å². The van der Waals surface area contributed by atoms with Gasteiger partial charge in [0.2, 0.25) is 0 Å². The second kappa shape index (κ2) is 5.35. The number of rotatable bonds is 4. The third-order valence-electron chi connectivity index (χ3n) is 2.72. The van der Waals surface area contributed by atoms with Gasteiger partial charge in [-0.3, -0.25) is 9.59 Å². The highest BCUT2D eigenvalue weighted by Crippen LogP contribution is 2.18. The molecule has 0 fully saturated rings. The number of hydrogen-bond acceptors (Lipinski definition) is 2. The van der Waals surface area contributed by atoms with Crippen LogP contribution in [0.1, 0.15) is 12.8 Å². The van der Waals surface area contributed by atoms with E-state index in [1.165, 1.54) is 6.07 Å². The smallest absolute Gasteiger partial charge is 0.303 e. The number of carboxylic acid groups (broad SMARTS) is 1. The fraction of sp³-hybridized carbons (Fsp3) is 0.231. The molecule has 0 bridgehead atoms. The number of nitrogens with zero attached hydrogens (tertiary/aromatic N) is 1. The summed E-state index contributed by atoms with van der Waals surface area (Å²) in [6, 6.07) is 8.95. The predicted molar refractivity (Wildman–Crippen MR) is 72.8 cm³/mol. The molecule has 0 saturated heterocycles. The fourth-order valence-corrected chi connectivity index (χ4v) is 2.27. The Morgan fingerprint density at radius 2 is 2.06 bits per heavy atom. The third-order valence-corrected chi connectivity index (χ3v) is 3.22. The lowest BCUT2D eigenvalue weighted by Gasteiger charge is -2.09. The number of carbonyl (C=O) groups is 1. The lowest BCUT2D eigenvalue weighted by Crippen LogP contribution is -2.19. The van der Waals surface area contributed by atoms with Crippen molar-refractivity contribution in [1.82, 2.24) is 4.57 Å². The quantitative estimate of drug-likeness (QED) is 0.944. The molecule has 0 amide bonds. The number of halogens is 1. The van der Waals surface area contributed by atoms with E-state index >= 15 is 0 Å². The number of carboxylic acids is 1. The minimum Gasteiger partial charge on any atom is -0.481 e. The van der Waals surface area contributed by atoms with Crippen LogP contribution in [0.2, 0.25) is 0 Å². The average molecular weight is 310 g/mol. The molecule has 0 unspecified atom stereocenters. The Bertz CT molecular complexity index is 648. The first-order valence-corrected chi connectivity index (χ1v) is 6.38. The van der Waals surface area contributed by atoms with Gasteiger partial charge in [0.1, 0.15) is 0 Å². The van der Waals surface area contributed by atoms with Crippen LogP contribution in [0.25, 0.3) is 10.9 Å². The van der Waals surface area contributed by atoms with Gasteiger partial charge in [0.15, 0.2) is 0 Å². The maximum Gasteiger partial charge on any atom is 0.303 e. The van der Waals surface area contributed by atoms with Gasteiger partial charge in [-0.25, -0.2) is 0 Å². The van der Waals surface area contributed by atoms with Crippen molar-refractivity contribution >= 4 is 32.8 Å². The number of benzene rings is 1. The summed E-state index contributed by atoms with van der Waals surface area (Å²) in [6.45, 7) is 0.421. The number of hydrogen-bond donors (Lipinski definition) is 1. The SMILES string of the molecule is O=C(O)CCCn1c(=O)ccc2cc(Br)ccc21. The summed E-state index contributed by atoms with van der Waals surface area (Å²) < 4.78 is 2.57. The molecular weight excluding hydrogens is 298 g/mol. The van der Waals surface area contributed by atoms with E-state index in [9.17, 15) is 9.59 Å². The van der Waals surface area contributed by atoms with Crippen molar-refractivity contribution in [3.8, 4) is 0 Å². The maximum absolute atomic E-state index is 11.8. The summed E-state index contributed by atoms with van der Waals surface area (Å²) in [5.74, 6) is -0.842. The molecule has 0 aliphatic rings. The zero-order valence-corrected chi connectivity index (χ0v) is 11.2.